The third-order valence-corrected chi connectivity index (χ3v) is 5.08. The van der Waals surface area contributed by atoms with Crippen LogP contribution in [0.1, 0.15) is 39.0 Å². The van der Waals surface area contributed by atoms with Crippen molar-refractivity contribution in [2.24, 2.45) is 11.8 Å². The summed E-state index contributed by atoms with van der Waals surface area (Å²) in [6, 6.07) is 6.40. The van der Waals surface area contributed by atoms with Crippen molar-refractivity contribution in [2.75, 3.05) is 11.4 Å². The molecule has 1 saturated carbocycles. The Hall–Kier alpha value is -1.91. The fourth-order valence-corrected chi connectivity index (χ4v) is 3.62. The molecule has 1 N–H and O–H groups in total. The number of rotatable bonds is 3. The summed E-state index contributed by atoms with van der Waals surface area (Å²) in [5.74, 6) is -0.602. The fraction of sp³-hybridized carbons (Fsp3) is 0.556. The summed E-state index contributed by atoms with van der Waals surface area (Å²) in [4.78, 5) is 26.1. The lowest BCUT2D eigenvalue weighted by Gasteiger charge is -2.30. The molecule has 1 heterocycles. The maximum Gasteiger partial charge on any atom is 0.227 e. The summed E-state index contributed by atoms with van der Waals surface area (Å²) >= 11 is 0. The van der Waals surface area contributed by atoms with Crippen molar-refractivity contribution in [3.8, 4) is 0 Å². The Morgan fingerprint density at radius 3 is 2.74 bits per heavy atom. The van der Waals surface area contributed by atoms with Gasteiger partial charge in [-0.25, -0.2) is 4.39 Å². The van der Waals surface area contributed by atoms with Crippen LogP contribution in [0.15, 0.2) is 24.3 Å². The largest absolute Gasteiger partial charge is 0.353 e. The number of para-hydroxylation sites is 1. The lowest BCUT2D eigenvalue weighted by atomic mass is 9.85. The summed E-state index contributed by atoms with van der Waals surface area (Å²) < 4.78 is 13.9. The van der Waals surface area contributed by atoms with E-state index in [1.807, 2.05) is 0 Å². The first-order valence-corrected chi connectivity index (χ1v) is 8.41. The molecule has 0 spiro atoms. The van der Waals surface area contributed by atoms with Crippen molar-refractivity contribution in [1.29, 1.82) is 0 Å². The van der Waals surface area contributed by atoms with Crippen LogP contribution in [-0.4, -0.2) is 24.4 Å². The van der Waals surface area contributed by atoms with Crippen molar-refractivity contribution in [3.05, 3.63) is 30.1 Å². The number of nitrogens with one attached hydrogen (secondary N) is 1. The standard InChI is InChI=1S/C18H23FN2O2/c1-12-6-2-4-8-15(12)20-18(23)13-10-17(22)21(11-13)16-9-5-3-7-14(16)19/h3,5,7,9,12-13,15H,2,4,6,8,10-11H2,1H3,(H,20,23). The van der Waals surface area contributed by atoms with Gasteiger partial charge in [-0.3, -0.25) is 9.59 Å². The Morgan fingerprint density at radius 1 is 1.26 bits per heavy atom. The van der Waals surface area contributed by atoms with E-state index in [2.05, 4.69) is 12.2 Å². The van der Waals surface area contributed by atoms with Crippen LogP contribution in [0, 0.1) is 17.7 Å². The van der Waals surface area contributed by atoms with E-state index in [1.54, 1.807) is 18.2 Å². The Morgan fingerprint density at radius 2 is 2.00 bits per heavy atom. The third-order valence-electron chi connectivity index (χ3n) is 5.08. The summed E-state index contributed by atoms with van der Waals surface area (Å²) in [5.41, 5.74) is 0.263. The van der Waals surface area contributed by atoms with Crippen molar-refractivity contribution < 1.29 is 14.0 Å². The zero-order chi connectivity index (χ0) is 16.4. The van der Waals surface area contributed by atoms with E-state index in [0.717, 1.165) is 19.3 Å². The van der Waals surface area contributed by atoms with Crippen LogP contribution in [0.3, 0.4) is 0 Å². The molecule has 5 heteroatoms. The second kappa shape index (κ2) is 6.69. The van der Waals surface area contributed by atoms with Crippen molar-refractivity contribution in [3.63, 3.8) is 0 Å². The molecule has 0 bridgehead atoms. The van der Waals surface area contributed by atoms with Crippen LogP contribution in [-0.2, 0) is 9.59 Å². The molecule has 2 aliphatic rings. The Kier molecular flexibility index (Phi) is 4.64. The number of amides is 2. The van der Waals surface area contributed by atoms with Gasteiger partial charge in [0.05, 0.1) is 11.6 Å². The minimum absolute atomic E-state index is 0.0732. The first kappa shape index (κ1) is 16.0. The van der Waals surface area contributed by atoms with E-state index in [9.17, 15) is 14.0 Å². The lowest BCUT2D eigenvalue weighted by Crippen LogP contribution is -2.44. The summed E-state index contributed by atoms with van der Waals surface area (Å²) in [7, 11) is 0. The van der Waals surface area contributed by atoms with Crippen LogP contribution in [0.4, 0.5) is 10.1 Å². The first-order valence-electron chi connectivity index (χ1n) is 8.41. The number of anilines is 1. The van der Waals surface area contributed by atoms with E-state index in [-0.39, 0.29) is 36.5 Å². The molecule has 1 aromatic carbocycles. The van der Waals surface area contributed by atoms with E-state index < -0.39 is 11.7 Å². The number of carbonyl (C=O) groups excluding carboxylic acids is 2. The van der Waals surface area contributed by atoms with E-state index in [4.69, 9.17) is 0 Å². The molecule has 0 aromatic heterocycles. The molecule has 23 heavy (non-hydrogen) atoms. The van der Waals surface area contributed by atoms with Crippen LogP contribution in [0.2, 0.25) is 0 Å². The molecule has 3 atom stereocenters. The highest BCUT2D eigenvalue weighted by molar-refractivity contribution is 6.00. The minimum Gasteiger partial charge on any atom is -0.353 e. The van der Waals surface area contributed by atoms with Crippen LogP contribution in [0.25, 0.3) is 0 Å². The van der Waals surface area contributed by atoms with Crippen molar-refractivity contribution in [1.82, 2.24) is 5.32 Å². The third kappa shape index (κ3) is 3.38. The summed E-state index contributed by atoms with van der Waals surface area (Å²) in [6.07, 6.45) is 4.65. The maximum absolute atomic E-state index is 13.9. The van der Waals surface area contributed by atoms with Gasteiger partial charge in [-0.05, 0) is 30.9 Å². The molecule has 1 aromatic rings. The number of nitrogens with zero attached hydrogens (tertiary/aromatic N) is 1. The SMILES string of the molecule is CC1CCCCC1NC(=O)C1CC(=O)N(c2ccccc2F)C1. The van der Waals surface area contributed by atoms with Gasteiger partial charge in [-0.1, -0.05) is 31.9 Å². The Labute approximate surface area is 136 Å². The monoisotopic (exact) mass is 318 g/mol. The summed E-state index contributed by atoms with van der Waals surface area (Å²) in [6.45, 7) is 2.42. The predicted octanol–water partition coefficient (Wildman–Crippen LogP) is 2.87. The number of hydrogen-bond donors (Lipinski definition) is 1. The van der Waals surface area contributed by atoms with E-state index in [0.29, 0.717) is 5.92 Å². The van der Waals surface area contributed by atoms with Crippen molar-refractivity contribution in [2.45, 2.75) is 45.1 Å². The molecule has 0 radical (unpaired) electrons. The Balaban J connectivity index is 1.65. The van der Waals surface area contributed by atoms with Gasteiger partial charge in [0.2, 0.25) is 11.8 Å². The van der Waals surface area contributed by atoms with Gasteiger partial charge in [0, 0.05) is 19.0 Å². The predicted molar refractivity (Wildman–Crippen MR) is 86.4 cm³/mol. The zero-order valence-electron chi connectivity index (χ0n) is 13.4. The van der Waals surface area contributed by atoms with Gasteiger partial charge in [-0.15, -0.1) is 0 Å². The lowest BCUT2D eigenvalue weighted by molar-refractivity contribution is -0.127. The molecule has 1 aliphatic heterocycles. The highest BCUT2D eigenvalue weighted by Crippen LogP contribution is 2.28. The number of carbonyl (C=O) groups is 2. The van der Waals surface area contributed by atoms with Crippen LogP contribution >= 0.6 is 0 Å². The average molecular weight is 318 g/mol. The normalized spacial score (nSPS) is 28.0. The van der Waals surface area contributed by atoms with Gasteiger partial charge < -0.3 is 10.2 Å². The Bertz CT molecular complexity index is 604. The first-order chi connectivity index (χ1) is 11.1. The zero-order valence-corrected chi connectivity index (χ0v) is 13.4. The van der Waals surface area contributed by atoms with E-state index >= 15 is 0 Å². The minimum atomic E-state index is -0.428. The molecule has 2 fully saturated rings. The van der Waals surface area contributed by atoms with Crippen molar-refractivity contribution >= 4 is 17.5 Å². The molecular weight excluding hydrogens is 295 g/mol. The molecule has 1 aliphatic carbocycles. The van der Waals surface area contributed by atoms with Crippen LogP contribution < -0.4 is 10.2 Å². The topological polar surface area (TPSA) is 49.4 Å². The van der Waals surface area contributed by atoms with Crippen LogP contribution in [0.5, 0.6) is 0 Å². The highest BCUT2D eigenvalue weighted by Gasteiger charge is 2.37. The van der Waals surface area contributed by atoms with Gasteiger partial charge in [-0.2, -0.15) is 0 Å². The van der Waals surface area contributed by atoms with Gasteiger partial charge in [0.25, 0.3) is 0 Å². The molecule has 2 amide bonds. The smallest absolute Gasteiger partial charge is 0.227 e. The second-order valence-corrected chi connectivity index (χ2v) is 6.73. The fourth-order valence-electron chi connectivity index (χ4n) is 3.62. The molecule has 3 rings (SSSR count). The number of halogens is 1. The summed E-state index contributed by atoms with van der Waals surface area (Å²) in [5, 5.41) is 3.11. The molecule has 1 saturated heterocycles. The molecule has 124 valence electrons. The molecule has 4 nitrogen and oxygen atoms in total. The van der Waals surface area contributed by atoms with Gasteiger partial charge >= 0.3 is 0 Å². The number of hydrogen-bond acceptors (Lipinski definition) is 2. The molecular formula is C18H23FN2O2. The quantitative estimate of drug-likeness (QED) is 0.931. The van der Waals surface area contributed by atoms with E-state index in [1.165, 1.54) is 17.4 Å². The highest BCUT2D eigenvalue weighted by atomic mass is 19.1. The average Bonchev–Trinajstić information content (AvgIpc) is 2.92. The van der Waals surface area contributed by atoms with Gasteiger partial charge in [0.15, 0.2) is 0 Å². The van der Waals surface area contributed by atoms with Gasteiger partial charge in [0.1, 0.15) is 5.82 Å². The molecule has 3 unspecified atom stereocenters. The second-order valence-electron chi connectivity index (χ2n) is 6.73. The maximum atomic E-state index is 13.9. The number of benzene rings is 1.